The van der Waals surface area contributed by atoms with Gasteiger partial charge >= 0.3 is 0 Å². The summed E-state index contributed by atoms with van der Waals surface area (Å²) < 4.78 is 5.23. The second-order valence-electron chi connectivity index (χ2n) is 5.68. The van der Waals surface area contributed by atoms with Crippen molar-refractivity contribution in [3.8, 4) is 28.4 Å². The van der Waals surface area contributed by atoms with Gasteiger partial charge in [0.2, 0.25) is 0 Å². The Morgan fingerprint density at radius 3 is 2.77 bits per heavy atom. The summed E-state index contributed by atoms with van der Waals surface area (Å²) in [7, 11) is 1.55. The second-order valence-corrected chi connectivity index (χ2v) is 5.68. The first-order valence-corrected chi connectivity index (χ1v) is 7.17. The van der Waals surface area contributed by atoms with Crippen LogP contribution in [0.2, 0.25) is 0 Å². The first kappa shape index (κ1) is 15.0. The topological polar surface area (TPSA) is 61.7 Å². The number of hydrogen-bond acceptors (Lipinski definition) is 4. The SMILES string of the molecule is COc1ccc2c(c1O)-c1cc(O)cc3c1C(C2)NCC3.Cl. The molecule has 0 fully saturated rings. The fourth-order valence-electron chi connectivity index (χ4n) is 3.65. The summed E-state index contributed by atoms with van der Waals surface area (Å²) in [5.41, 5.74) is 5.16. The van der Waals surface area contributed by atoms with Crippen LogP contribution in [0.5, 0.6) is 17.2 Å². The van der Waals surface area contributed by atoms with Crippen molar-refractivity contribution in [1.82, 2.24) is 5.32 Å². The standard InChI is InChI=1S/C17H17NO3.ClH/c1-21-14-3-2-9-7-13-15-10(4-5-18-13)6-11(19)8-12(15)16(9)17(14)20;/h2-3,6,8,13,18-20H,4-5,7H2,1H3;1H. The molecule has 116 valence electrons. The molecule has 0 saturated carbocycles. The van der Waals surface area contributed by atoms with Gasteiger partial charge in [-0.25, -0.2) is 0 Å². The fourth-order valence-corrected chi connectivity index (χ4v) is 3.65. The van der Waals surface area contributed by atoms with Crippen molar-refractivity contribution < 1.29 is 14.9 Å². The first-order chi connectivity index (χ1) is 10.2. The first-order valence-electron chi connectivity index (χ1n) is 7.17. The highest BCUT2D eigenvalue weighted by molar-refractivity contribution is 5.85. The number of benzene rings is 2. The van der Waals surface area contributed by atoms with Crippen LogP contribution < -0.4 is 10.1 Å². The molecule has 2 aromatic rings. The van der Waals surface area contributed by atoms with Gasteiger partial charge in [0, 0.05) is 11.6 Å². The average Bonchev–Trinajstić information content (AvgIpc) is 2.47. The summed E-state index contributed by atoms with van der Waals surface area (Å²) in [5.74, 6) is 0.874. The lowest BCUT2D eigenvalue weighted by molar-refractivity contribution is 0.373. The molecule has 1 unspecified atom stereocenters. The molecule has 1 aliphatic heterocycles. The van der Waals surface area contributed by atoms with E-state index in [2.05, 4.69) is 5.32 Å². The van der Waals surface area contributed by atoms with Gasteiger partial charge in [-0.15, -0.1) is 12.4 Å². The van der Waals surface area contributed by atoms with Crippen LogP contribution in [0.1, 0.15) is 22.7 Å². The summed E-state index contributed by atoms with van der Waals surface area (Å²) in [6.07, 6.45) is 1.74. The smallest absolute Gasteiger partial charge is 0.165 e. The van der Waals surface area contributed by atoms with Crippen molar-refractivity contribution in [2.75, 3.05) is 13.7 Å². The van der Waals surface area contributed by atoms with E-state index in [4.69, 9.17) is 4.74 Å². The number of ether oxygens (including phenoxy) is 1. The van der Waals surface area contributed by atoms with Gasteiger partial charge in [0.05, 0.1) is 7.11 Å². The molecule has 0 radical (unpaired) electrons. The number of phenolic OH excluding ortho intramolecular Hbond substituents is 2. The number of phenols is 2. The zero-order chi connectivity index (χ0) is 14.6. The van der Waals surface area contributed by atoms with Crippen molar-refractivity contribution in [2.24, 2.45) is 0 Å². The highest BCUT2D eigenvalue weighted by atomic mass is 35.5. The third kappa shape index (κ3) is 2.02. The van der Waals surface area contributed by atoms with Crippen LogP contribution >= 0.6 is 12.4 Å². The maximum atomic E-state index is 10.5. The number of fused-ring (bicyclic) bond motifs is 2. The second kappa shape index (κ2) is 5.38. The van der Waals surface area contributed by atoms with Crippen LogP contribution in [0.15, 0.2) is 24.3 Å². The maximum absolute atomic E-state index is 10.5. The Morgan fingerprint density at radius 2 is 2.00 bits per heavy atom. The minimum Gasteiger partial charge on any atom is -0.508 e. The van der Waals surface area contributed by atoms with E-state index in [1.165, 1.54) is 11.1 Å². The lowest BCUT2D eigenvalue weighted by Gasteiger charge is -2.34. The highest BCUT2D eigenvalue weighted by Gasteiger charge is 2.32. The van der Waals surface area contributed by atoms with Crippen molar-refractivity contribution in [3.63, 3.8) is 0 Å². The predicted molar refractivity (Wildman–Crippen MR) is 87.2 cm³/mol. The van der Waals surface area contributed by atoms with Crippen molar-refractivity contribution in [3.05, 3.63) is 41.0 Å². The van der Waals surface area contributed by atoms with Gasteiger partial charge < -0.3 is 20.3 Å². The monoisotopic (exact) mass is 319 g/mol. The average molecular weight is 320 g/mol. The van der Waals surface area contributed by atoms with Crippen molar-refractivity contribution in [1.29, 1.82) is 0 Å². The van der Waals surface area contributed by atoms with Gasteiger partial charge in [0.15, 0.2) is 11.5 Å². The fraction of sp³-hybridized carbons (Fsp3) is 0.294. The Labute approximate surface area is 135 Å². The molecule has 0 bridgehead atoms. The van der Waals surface area contributed by atoms with E-state index in [1.54, 1.807) is 19.2 Å². The summed E-state index contributed by atoms with van der Waals surface area (Å²) >= 11 is 0. The summed E-state index contributed by atoms with van der Waals surface area (Å²) in [4.78, 5) is 0. The molecule has 4 rings (SSSR count). The van der Waals surface area contributed by atoms with E-state index in [0.29, 0.717) is 5.75 Å². The lowest BCUT2D eigenvalue weighted by atomic mass is 9.77. The van der Waals surface area contributed by atoms with Gasteiger partial charge in [-0.2, -0.15) is 0 Å². The number of halogens is 1. The number of nitrogens with one attached hydrogen (secondary N) is 1. The Bertz CT molecular complexity index is 745. The zero-order valence-electron chi connectivity index (χ0n) is 12.2. The quantitative estimate of drug-likeness (QED) is 0.756. The minimum absolute atomic E-state index is 0. The third-order valence-electron chi connectivity index (χ3n) is 4.52. The van der Waals surface area contributed by atoms with E-state index >= 15 is 0 Å². The highest BCUT2D eigenvalue weighted by Crippen LogP contribution is 2.49. The van der Waals surface area contributed by atoms with Crippen LogP contribution in [0.25, 0.3) is 11.1 Å². The Balaban J connectivity index is 0.00000144. The molecule has 5 heteroatoms. The molecule has 22 heavy (non-hydrogen) atoms. The van der Waals surface area contributed by atoms with E-state index in [1.807, 2.05) is 12.1 Å². The Morgan fingerprint density at radius 1 is 1.18 bits per heavy atom. The van der Waals surface area contributed by atoms with Gasteiger partial charge in [-0.05, 0) is 59.8 Å². The van der Waals surface area contributed by atoms with Gasteiger partial charge in [-0.3, -0.25) is 0 Å². The summed E-state index contributed by atoms with van der Waals surface area (Å²) in [6.45, 7) is 0.915. The number of hydrogen-bond donors (Lipinski definition) is 3. The molecule has 2 aliphatic rings. The molecular formula is C17H18ClNO3. The van der Waals surface area contributed by atoms with Crippen LogP contribution in [0.3, 0.4) is 0 Å². The van der Waals surface area contributed by atoms with Gasteiger partial charge in [-0.1, -0.05) is 6.07 Å². The molecule has 3 N–H and O–H groups in total. The molecule has 1 heterocycles. The largest absolute Gasteiger partial charge is 0.508 e. The number of aromatic hydroxyl groups is 2. The van der Waals surface area contributed by atoms with Crippen LogP contribution in [0.4, 0.5) is 0 Å². The molecule has 0 amide bonds. The number of methoxy groups -OCH3 is 1. The molecule has 0 spiro atoms. The molecule has 2 aromatic carbocycles. The molecule has 1 aliphatic carbocycles. The maximum Gasteiger partial charge on any atom is 0.165 e. The van der Waals surface area contributed by atoms with Crippen LogP contribution in [-0.4, -0.2) is 23.9 Å². The number of rotatable bonds is 1. The summed E-state index contributed by atoms with van der Waals surface area (Å²) in [5, 5.41) is 24.1. The van der Waals surface area contributed by atoms with E-state index < -0.39 is 0 Å². The van der Waals surface area contributed by atoms with E-state index in [9.17, 15) is 10.2 Å². The van der Waals surface area contributed by atoms with Gasteiger partial charge in [0.1, 0.15) is 5.75 Å². The predicted octanol–water partition coefficient (Wildman–Crippen LogP) is 2.94. The molecule has 4 nitrogen and oxygen atoms in total. The van der Waals surface area contributed by atoms with Crippen molar-refractivity contribution in [2.45, 2.75) is 18.9 Å². The normalized spacial score (nSPS) is 18.0. The lowest BCUT2D eigenvalue weighted by Crippen LogP contribution is -2.33. The Kier molecular flexibility index (Phi) is 3.67. The molecular weight excluding hydrogens is 302 g/mol. The minimum atomic E-state index is 0. The van der Waals surface area contributed by atoms with Gasteiger partial charge in [0.25, 0.3) is 0 Å². The Hall–Kier alpha value is -1.91. The van der Waals surface area contributed by atoms with Crippen molar-refractivity contribution >= 4 is 12.4 Å². The molecule has 1 atom stereocenters. The molecule has 0 aromatic heterocycles. The van der Waals surface area contributed by atoms with Crippen LogP contribution in [-0.2, 0) is 12.8 Å². The summed E-state index contributed by atoms with van der Waals surface area (Å²) in [6, 6.07) is 7.64. The molecule has 0 saturated heterocycles. The van der Waals surface area contributed by atoms with E-state index in [-0.39, 0.29) is 29.9 Å². The van der Waals surface area contributed by atoms with E-state index in [0.717, 1.165) is 36.1 Å². The third-order valence-corrected chi connectivity index (χ3v) is 4.52. The zero-order valence-corrected chi connectivity index (χ0v) is 13.0. The van der Waals surface area contributed by atoms with Crippen LogP contribution in [0, 0.1) is 0 Å².